The van der Waals surface area contributed by atoms with Gasteiger partial charge >= 0.3 is 0 Å². The van der Waals surface area contributed by atoms with Crippen LogP contribution in [0.15, 0.2) is 24.3 Å². The molecule has 0 aromatic heterocycles. The van der Waals surface area contributed by atoms with Gasteiger partial charge in [0.25, 0.3) is 0 Å². The lowest BCUT2D eigenvalue weighted by Crippen LogP contribution is -2.52. The molecule has 1 aromatic rings. The van der Waals surface area contributed by atoms with Crippen LogP contribution in [0.4, 0.5) is 0 Å². The van der Waals surface area contributed by atoms with Gasteiger partial charge in [0.2, 0.25) is 5.91 Å². The summed E-state index contributed by atoms with van der Waals surface area (Å²) in [5.74, 6) is 1.17. The van der Waals surface area contributed by atoms with Crippen LogP contribution in [0.3, 0.4) is 0 Å². The Morgan fingerprint density at radius 3 is 2.92 bits per heavy atom. The van der Waals surface area contributed by atoms with E-state index in [1.807, 2.05) is 18.2 Å². The molecule has 2 heterocycles. The molecule has 1 N–H and O–H groups in total. The predicted molar refractivity (Wildman–Crippen MR) is 95.2 cm³/mol. The van der Waals surface area contributed by atoms with Gasteiger partial charge in [-0.1, -0.05) is 18.2 Å². The van der Waals surface area contributed by atoms with Gasteiger partial charge in [-0.05, 0) is 32.3 Å². The summed E-state index contributed by atoms with van der Waals surface area (Å²) in [6, 6.07) is 8.69. The highest BCUT2D eigenvalue weighted by Crippen LogP contribution is 2.30. The van der Waals surface area contributed by atoms with E-state index in [0.29, 0.717) is 12.6 Å². The maximum atomic E-state index is 12.8. The molecule has 5 heteroatoms. The molecule has 2 unspecified atom stereocenters. The van der Waals surface area contributed by atoms with Gasteiger partial charge in [0.15, 0.2) is 0 Å². The van der Waals surface area contributed by atoms with Gasteiger partial charge in [0.1, 0.15) is 5.75 Å². The Bertz CT molecular complexity index is 563. The highest BCUT2D eigenvalue weighted by atomic mass is 16.5. The zero-order valence-electron chi connectivity index (χ0n) is 14.8. The Labute approximate surface area is 145 Å². The van der Waals surface area contributed by atoms with Crippen LogP contribution in [-0.2, 0) is 4.79 Å². The largest absolute Gasteiger partial charge is 0.496 e. The minimum absolute atomic E-state index is 0.180. The van der Waals surface area contributed by atoms with Crippen LogP contribution < -0.4 is 10.1 Å². The third-order valence-electron chi connectivity index (χ3n) is 5.31. The minimum atomic E-state index is 0.180. The first-order valence-corrected chi connectivity index (χ1v) is 9.08. The number of para-hydroxylation sites is 1. The van der Waals surface area contributed by atoms with Gasteiger partial charge in [0, 0.05) is 37.8 Å². The Hall–Kier alpha value is -1.59. The quantitative estimate of drug-likeness (QED) is 0.917. The van der Waals surface area contributed by atoms with Crippen LogP contribution in [0.2, 0.25) is 0 Å². The summed E-state index contributed by atoms with van der Waals surface area (Å²) < 4.78 is 5.54. The van der Waals surface area contributed by atoms with Gasteiger partial charge in [-0.2, -0.15) is 0 Å². The molecule has 0 aliphatic carbocycles. The fourth-order valence-electron chi connectivity index (χ4n) is 3.92. The van der Waals surface area contributed by atoms with Gasteiger partial charge in [-0.15, -0.1) is 0 Å². The number of carbonyl (C=O) groups is 1. The van der Waals surface area contributed by atoms with E-state index in [0.717, 1.165) is 50.3 Å². The number of amides is 1. The number of carbonyl (C=O) groups excluding carboxylic acids is 1. The fraction of sp³-hybridized carbons (Fsp3) is 0.632. The second-order valence-corrected chi connectivity index (χ2v) is 6.86. The fourth-order valence-corrected chi connectivity index (χ4v) is 3.92. The second-order valence-electron chi connectivity index (χ2n) is 6.86. The Morgan fingerprint density at radius 2 is 2.12 bits per heavy atom. The summed E-state index contributed by atoms with van der Waals surface area (Å²) >= 11 is 0. The Morgan fingerprint density at radius 1 is 1.29 bits per heavy atom. The van der Waals surface area contributed by atoms with Crippen LogP contribution in [0.5, 0.6) is 5.75 Å². The number of hydrogen-bond acceptors (Lipinski definition) is 4. The predicted octanol–water partition coefficient (Wildman–Crippen LogP) is 2.04. The lowest BCUT2D eigenvalue weighted by Gasteiger charge is -2.39. The van der Waals surface area contributed by atoms with Crippen molar-refractivity contribution in [3.8, 4) is 5.75 Å². The molecule has 0 spiro atoms. The lowest BCUT2D eigenvalue weighted by molar-refractivity contribution is -0.136. The Kier molecular flexibility index (Phi) is 5.74. The Balaban J connectivity index is 1.73. The third kappa shape index (κ3) is 3.73. The van der Waals surface area contributed by atoms with E-state index >= 15 is 0 Å². The van der Waals surface area contributed by atoms with Crippen LogP contribution in [0, 0.1) is 0 Å². The number of rotatable bonds is 4. The topological polar surface area (TPSA) is 44.8 Å². The first-order valence-electron chi connectivity index (χ1n) is 9.08. The first kappa shape index (κ1) is 17.2. The van der Waals surface area contributed by atoms with E-state index < -0.39 is 0 Å². The average molecular weight is 331 g/mol. The summed E-state index contributed by atoms with van der Waals surface area (Å²) in [6.45, 7) is 6.24. The summed E-state index contributed by atoms with van der Waals surface area (Å²) in [7, 11) is 1.71. The number of likely N-dealkylation sites (tertiary alicyclic amines) is 1. The first-order chi connectivity index (χ1) is 11.7. The van der Waals surface area contributed by atoms with Crippen LogP contribution in [0.25, 0.3) is 0 Å². The molecule has 1 amide bonds. The highest BCUT2D eigenvalue weighted by molar-refractivity contribution is 5.78. The number of piperidine rings is 1. The molecule has 2 atom stereocenters. The van der Waals surface area contributed by atoms with E-state index in [-0.39, 0.29) is 11.9 Å². The van der Waals surface area contributed by atoms with Gasteiger partial charge in [0.05, 0.1) is 19.7 Å². The van der Waals surface area contributed by atoms with E-state index in [9.17, 15) is 4.79 Å². The molecule has 0 radical (unpaired) electrons. The minimum Gasteiger partial charge on any atom is -0.496 e. The molecule has 0 saturated carbocycles. The molecule has 5 nitrogen and oxygen atoms in total. The number of benzene rings is 1. The number of nitrogens with one attached hydrogen (secondary N) is 1. The molecular formula is C19H29N3O2. The van der Waals surface area contributed by atoms with Gasteiger partial charge in [-0.3, -0.25) is 9.69 Å². The van der Waals surface area contributed by atoms with Crippen LogP contribution in [0.1, 0.15) is 37.8 Å². The average Bonchev–Trinajstić information content (AvgIpc) is 2.62. The smallest absolute Gasteiger partial charge is 0.237 e. The SMILES string of the molecule is COc1ccccc1C1CNCCN1CC(=O)N1CCCCC1C. The zero-order valence-corrected chi connectivity index (χ0v) is 14.8. The normalized spacial score (nSPS) is 25.5. The van der Waals surface area contributed by atoms with Crippen LogP contribution in [-0.4, -0.2) is 61.6 Å². The van der Waals surface area contributed by atoms with Crippen molar-refractivity contribution in [3.63, 3.8) is 0 Å². The monoisotopic (exact) mass is 331 g/mol. The number of nitrogens with zero attached hydrogens (tertiary/aromatic N) is 2. The number of methoxy groups -OCH3 is 1. The van der Waals surface area contributed by atoms with E-state index in [1.54, 1.807) is 7.11 Å². The summed E-state index contributed by atoms with van der Waals surface area (Å²) in [6.07, 6.45) is 3.50. The number of hydrogen-bond donors (Lipinski definition) is 1. The van der Waals surface area contributed by atoms with Crippen molar-refractivity contribution in [1.29, 1.82) is 0 Å². The molecule has 24 heavy (non-hydrogen) atoms. The number of ether oxygens (including phenoxy) is 1. The van der Waals surface area contributed by atoms with Crippen molar-refractivity contribution in [1.82, 2.24) is 15.1 Å². The summed E-state index contributed by atoms with van der Waals surface area (Å²) in [5, 5.41) is 3.45. The maximum absolute atomic E-state index is 12.8. The number of piperazine rings is 1. The van der Waals surface area contributed by atoms with E-state index in [4.69, 9.17) is 4.74 Å². The molecule has 132 valence electrons. The molecule has 1 aromatic carbocycles. The maximum Gasteiger partial charge on any atom is 0.237 e. The van der Waals surface area contributed by atoms with E-state index in [1.165, 1.54) is 6.42 Å². The molecule has 2 fully saturated rings. The summed E-state index contributed by atoms with van der Waals surface area (Å²) in [5.41, 5.74) is 1.16. The molecular weight excluding hydrogens is 302 g/mol. The standard InChI is InChI=1S/C19H29N3O2/c1-15-7-5-6-11-22(15)19(23)14-21-12-10-20-13-17(21)16-8-3-4-9-18(16)24-2/h3-4,8-9,15,17,20H,5-7,10-14H2,1-2H3. The van der Waals surface area contributed by atoms with Crippen molar-refractivity contribution in [3.05, 3.63) is 29.8 Å². The molecule has 0 bridgehead atoms. The van der Waals surface area contributed by atoms with Crippen molar-refractivity contribution in [2.45, 2.75) is 38.3 Å². The van der Waals surface area contributed by atoms with Crippen molar-refractivity contribution >= 4 is 5.91 Å². The summed E-state index contributed by atoms with van der Waals surface area (Å²) in [4.78, 5) is 17.2. The molecule has 2 saturated heterocycles. The lowest BCUT2D eigenvalue weighted by atomic mass is 10.0. The highest BCUT2D eigenvalue weighted by Gasteiger charge is 2.30. The van der Waals surface area contributed by atoms with Crippen molar-refractivity contribution in [2.75, 3.05) is 39.8 Å². The third-order valence-corrected chi connectivity index (χ3v) is 5.31. The van der Waals surface area contributed by atoms with E-state index in [2.05, 4.69) is 28.1 Å². The molecule has 3 rings (SSSR count). The van der Waals surface area contributed by atoms with Crippen molar-refractivity contribution in [2.24, 2.45) is 0 Å². The van der Waals surface area contributed by atoms with Crippen molar-refractivity contribution < 1.29 is 9.53 Å². The second kappa shape index (κ2) is 7.99. The zero-order chi connectivity index (χ0) is 16.9. The molecule has 2 aliphatic rings. The van der Waals surface area contributed by atoms with Gasteiger partial charge < -0.3 is 15.0 Å². The van der Waals surface area contributed by atoms with Crippen LogP contribution >= 0.6 is 0 Å². The van der Waals surface area contributed by atoms with Gasteiger partial charge in [-0.25, -0.2) is 0 Å². The molecule has 2 aliphatic heterocycles.